The van der Waals surface area contributed by atoms with E-state index in [9.17, 15) is 4.79 Å². The van der Waals surface area contributed by atoms with Crippen molar-refractivity contribution in [1.29, 1.82) is 0 Å². The van der Waals surface area contributed by atoms with Crippen molar-refractivity contribution >= 4 is 16.6 Å². The summed E-state index contributed by atoms with van der Waals surface area (Å²) >= 11 is 0. The summed E-state index contributed by atoms with van der Waals surface area (Å²) in [5, 5.41) is 2.12. The average Bonchev–Trinajstić information content (AvgIpc) is 2.55. The molecule has 3 rings (SSSR count). The summed E-state index contributed by atoms with van der Waals surface area (Å²) < 4.78 is 5.26. The third kappa shape index (κ3) is 2.74. The standard InChI is InChI=1S/C17H14N2O2/c1-21-15-6-5-12-3-2-4-13(16(12)8-15)7-17(20)14-9-18-11-19-10-14/h2-6,8-11H,7H2,1H3. The Bertz CT molecular complexity index is 785. The molecule has 0 N–H and O–H groups in total. The van der Waals surface area contributed by atoms with Gasteiger partial charge in [-0.15, -0.1) is 0 Å². The van der Waals surface area contributed by atoms with Crippen LogP contribution < -0.4 is 4.74 Å². The summed E-state index contributed by atoms with van der Waals surface area (Å²) in [6.45, 7) is 0. The predicted molar refractivity (Wildman–Crippen MR) is 80.6 cm³/mol. The Morgan fingerprint density at radius 1 is 1.14 bits per heavy atom. The van der Waals surface area contributed by atoms with E-state index in [2.05, 4.69) is 9.97 Å². The van der Waals surface area contributed by atoms with Crippen LogP contribution in [0.25, 0.3) is 10.8 Å². The zero-order valence-electron chi connectivity index (χ0n) is 11.6. The van der Waals surface area contributed by atoms with Gasteiger partial charge in [0.2, 0.25) is 0 Å². The highest BCUT2D eigenvalue weighted by Gasteiger charge is 2.10. The molecule has 4 heteroatoms. The summed E-state index contributed by atoms with van der Waals surface area (Å²) in [6.07, 6.45) is 4.82. The largest absolute Gasteiger partial charge is 0.497 e. The highest BCUT2D eigenvalue weighted by molar-refractivity contribution is 5.99. The number of benzene rings is 2. The topological polar surface area (TPSA) is 52.1 Å². The number of Topliss-reactive ketones (excluding diaryl/α,β-unsaturated/α-hetero) is 1. The van der Waals surface area contributed by atoms with Gasteiger partial charge in [0.1, 0.15) is 12.1 Å². The SMILES string of the molecule is COc1ccc2cccc(CC(=O)c3cncnc3)c2c1. The quantitative estimate of drug-likeness (QED) is 0.688. The lowest BCUT2D eigenvalue weighted by atomic mass is 9.98. The smallest absolute Gasteiger partial charge is 0.170 e. The molecule has 21 heavy (non-hydrogen) atoms. The summed E-state index contributed by atoms with van der Waals surface area (Å²) in [5.74, 6) is 0.788. The first kappa shape index (κ1) is 13.2. The van der Waals surface area contributed by atoms with Crippen molar-refractivity contribution < 1.29 is 9.53 Å². The van der Waals surface area contributed by atoms with Crippen molar-refractivity contribution in [3.63, 3.8) is 0 Å². The fraction of sp³-hybridized carbons (Fsp3) is 0.118. The molecule has 1 heterocycles. The molecule has 3 aromatic rings. The molecule has 0 saturated heterocycles. The Labute approximate surface area is 122 Å². The van der Waals surface area contributed by atoms with Crippen LogP contribution in [0, 0.1) is 0 Å². The monoisotopic (exact) mass is 278 g/mol. The van der Waals surface area contributed by atoms with E-state index in [1.165, 1.54) is 6.33 Å². The van der Waals surface area contributed by atoms with E-state index < -0.39 is 0 Å². The van der Waals surface area contributed by atoms with Gasteiger partial charge in [0, 0.05) is 18.8 Å². The number of methoxy groups -OCH3 is 1. The van der Waals surface area contributed by atoms with Crippen LogP contribution in [0.3, 0.4) is 0 Å². The molecule has 0 saturated carbocycles. The van der Waals surface area contributed by atoms with Gasteiger partial charge in [-0.1, -0.05) is 24.3 Å². The van der Waals surface area contributed by atoms with Crippen molar-refractivity contribution in [3.05, 3.63) is 66.2 Å². The second-order valence-corrected chi connectivity index (χ2v) is 4.73. The molecule has 0 amide bonds. The molecule has 0 radical (unpaired) electrons. The van der Waals surface area contributed by atoms with Crippen LogP contribution in [0.2, 0.25) is 0 Å². The minimum absolute atomic E-state index is 0.00548. The summed E-state index contributed by atoms with van der Waals surface area (Å²) in [7, 11) is 1.64. The van der Waals surface area contributed by atoms with Crippen LogP contribution in [0.5, 0.6) is 5.75 Å². The zero-order chi connectivity index (χ0) is 14.7. The van der Waals surface area contributed by atoms with Gasteiger partial charge in [0.15, 0.2) is 5.78 Å². The third-order valence-electron chi connectivity index (χ3n) is 3.41. The van der Waals surface area contributed by atoms with Gasteiger partial charge < -0.3 is 4.74 Å². The first-order valence-electron chi connectivity index (χ1n) is 6.62. The van der Waals surface area contributed by atoms with E-state index in [0.717, 1.165) is 22.1 Å². The molecule has 104 valence electrons. The zero-order valence-corrected chi connectivity index (χ0v) is 11.6. The number of fused-ring (bicyclic) bond motifs is 1. The number of carbonyl (C=O) groups is 1. The molecule has 0 bridgehead atoms. The highest BCUT2D eigenvalue weighted by atomic mass is 16.5. The minimum atomic E-state index is 0.00548. The van der Waals surface area contributed by atoms with Crippen LogP contribution >= 0.6 is 0 Å². The van der Waals surface area contributed by atoms with Crippen molar-refractivity contribution in [2.75, 3.05) is 7.11 Å². The van der Waals surface area contributed by atoms with E-state index in [1.807, 2.05) is 36.4 Å². The van der Waals surface area contributed by atoms with Gasteiger partial charge in [0.25, 0.3) is 0 Å². The Kier molecular flexibility index (Phi) is 3.60. The Morgan fingerprint density at radius 2 is 1.95 bits per heavy atom. The average molecular weight is 278 g/mol. The van der Waals surface area contributed by atoms with E-state index in [-0.39, 0.29) is 5.78 Å². The fourth-order valence-corrected chi connectivity index (χ4v) is 2.32. The number of rotatable bonds is 4. The molecule has 0 aliphatic heterocycles. The van der Waals surface area contributed by atoms with Gasteiger partial charge in [-0.3, -0.25) is 4.79 Å². The van der Waals surface area contributed by atoms with Crippen LogP contribution in [0.15, 0.2) is 55.1 Å². The number of ether oxygens (including phenoxy) is 1. The highest BCUT2D eigenvalue weighted by Crippen LogP contribution is 2.25. The van der Waals surface area contributed by atoms with Crippen molar-refractivity contribution in [3.8, 4) is 5.75 Å². The molecule has 0 aliphatic rings. The van der Waals surface area contributed by atoms with Crippen LogP contribution in [0.1, 0.15) is 15.9 Å². The Morgan fingerprint density at radius 3 is 2.71 bits per heavy atom. The molecule has 0 aliphatic carbocycles. The van der Waals surface area contributed by atoms with Crippen molar-refractivity contribution in [1.82, 2.24) is 9.97 Å². The Hall–Kier alpha value is -2.75. The maximum atomic E-state index is 12.3. The maximum absolute atomic E-state index is 12.3. The fourth-order valence-electron chi connectivity index (χ4n) is 2.32. The molecule has 1 aromatic heterocycles. The maximum Gasteiger partial charge on any atom is 0.170 e. The minimum Gasteiger partial charge on any atom is -0.497 e. The van der Waals surface area contributed by atoms with Gasteiger partial charge in [-0.2, -0.15) is 0 Å². The van der Waals surface area contributed by atoms with Gasteiger partial charge in [-0.05, 0) is 28.5 Å². The van der Waals surface area contributed by atoms with Gasteiger partial charge in [0.05, 0.1) is 12.7 Å². The summed E-state index contributed by atoms with van der Waals surface area (Å²) in [5.41, 5.74) is 1.50. The van der Waals surface area contributed by atoms with Crippen molar-refractivity contribution in [2.45, 2.75) is 6.42 Å². The van der Waals surface area contributed by atoms with Gasteiger partial charge in [-0.25, -0.2) is 9.97 Å². The number of nitrogens with zero attached hydrogens (tertiary/aromatic N) is 2. The number of hydrogen-bond acceptors (Lipinski definition) is 4. The lowest BCUT2D eigenvalue weighted by molar-refractivity contribution is 0.0992. The number of hydrogen-bond donors (Lipinski definition) is 0. The second-order valence-electron chi connectivity index (χ2n) is 4.73. The van der Waals surface area contributed by atoms with Crippen LogP contribution in [-0.4, -0.2) is 22.9 Å². The normalized spacial score (nSPS) is 10.5. The molecule has 2 aromatic carbocycles. The second kappa shape index (κ2) is 5.71. The Balaban J connectivity index is 1.98. The summed E-state index contributed by atoms with van der Waals surface area (Å²) in [6, 6.07) is 11.8. The first-order chi connectivity index (χ1) is 10.3. The molecule has 0 atom stereocenters. The third-order valence-corrected chi connectivity index (χ3v) is 3.41. The number of carbonyl (C=O) groups excluding carboxylic acids is 1. The van der Waals surface area contributed by atoms with E-state index in [1.54, 1.807) is 19.5 Å². The molecule has 0 spiro atoms. The lowest BCUT2D eigenvalue weighted by Crippen LogP contribution is -2.05. The van der Waals surface area contributed by atoms with E-state index >= 15 is 0 Å². The molecular weight excluding hydrogens is 264 g/mol. The number of ketones is 1. The number of aromatic nitrogens is 2. The molecular formula is C17H14N2O2. The first-order valence-corrected chi connectivity index (χ1v) is 6.62. The lowest BCUT2D eigenvalue weighted by Gasteiger charge is -2.08. The molecule has 4 nitrogen and oxygen atoms in total. The van der Waals surface area contributed by atoms with Crippen LogP contribution in [0.4, 0.5) is 0 Å². The molecule has 0 fully saturated rings. The van der Waals surface area contributed by atoms with Crippen LogP contribution in [-0.2, 0) is 6.42 Å². The van der Waals surface area contributed by atoms with Crippen molar-refractivity contribution in [2.24, 2.45) is 0 Å². The van der Waals surface area contributed by atoms with Gasteiger partial charge >= 0.3 is 0 Å². The predicted octanol–water partition coefficient (Wildman–Crippen LogP) is 3.06. The van der Waals surface area contributed by atoms with E-state index in [0.29, 0.717) is 12.0 Å². The van der Waals surface area contributed by atoms with E-state index in [4.69, 9.17) is 4.74 Å². The molecule has 0 unspecified atom stereocenters. The summed E-state index contributed by atoms with van der Waals surface area (Å²) in [4.78, 5) is 20.1.